The van der Waals surface area contributed by atoms with E-state index in [9.17, 15) is 0 Å². The van der Waals surface area contributed by atoms with E-state index in [4.69, 9.17) is 0 Å². The van der Waals surface area contributed by atoms with Gasteiger partial charge >= 0.3 is 0 Å². The van der Waals surface area contributed by atoms with Crippen LogP contribution in [0.1, 0.15) is 38.3 Å². The molecule has 1 aromatic carbocycles. The highest BCUT2D eigenvalue weighted by Gasteiger charge is 2.07. The van der Waals surface area contributed by atoms with Crippen LogP contribution in [-0.4, -0.2) is 44.6 Å². The average Bonchev–Trinajstić information content (AvgIpc) is 2.52. The summed E-state index contributed by atoms with van der Waals surface area (Å²) >= 11 is 0. The van der Waals surface area contributed by atoms with Crippen LogP contribution in [0.15, 0.2) is 35.3 Å². The molecule has 0 saturated heterocycles. The first-order valence-corrected chi connectivity index (χ1v) is 7.88. The fourth-order valence-electron chi connectivity index (χ4n) is 2.13. The number of hydrogen-bond acceptors (Lipinski definition) is 2. The number of nitrogens with zero attached hydrogens (tertiary/aromatic N) is 2. The monoisotopic (exact) mass is 418 g/mol. The van der Waals surface area contributed by atoms with E-state index in [0.29, 0.717) is 0 Å². The summed E-state index contributed by atoms with van der Waals surface area (Å²) in [6, 6.07) is 10.7. The molecule has 0 spiro atoms. The van der Waals surface area contributed by atoms with Crippen LogP contribution in [0.4, 0.5) is 0 Å². The first-order chi connectivity index (χ1) is 10.2. The second kappa shape index (κ2) is 12.7. The van der Waals surface area contributed by atoms with Gasteiger partial charge in [0.25, 0.3) is 0 Å². The molecular formula is C17H31IN4. The lowest BCUT2D eigenvalue weighted by Crippen LogP contribution is -2.42. The molecule has 1 aromatic rings. The van der Waals surface area contributed by atoms with Crippen molar-refractivity contribution in [2.24, 2.45) is 4.99 Å². The molecular weight excluding hydrogens is 387 g/mol. The van der Waals surface area contributed by atoms with Crippen molar-refractivity contribution in [2.75, 3.05) is 33.7 Å². The summed E-state index contributed by atoms with van der Waals surface area (Å²) in [7, 11) is 3.98. The van der Waals surface area contributed by atoms with E-state index in [2.05, 4.69) is 65.7 Å². The fraction of sp³-hybridized carbons (Fsp3) is 0.588. The molecule has 4 nitrogen and oxygen atoms in total. The third kappa shape index (κ3) is 8.58. The van der Waals surface area contributed by atoms with E-state index in [0.717, 1.165) is 25.6 Å². The summed E-state index contributed by atoms with van der Waals surface area (Å²) in [6.45, 7) is 7.46. The highest BCUT2D eigenvalue weighted by Crippen LogP contribution is 2.10. The first kappa shape index (κ1) is 21.2. The van der Waals surface area contributed by atoms with Crippen molar-refractivity contribution in [3.63, 3.8) is 0 Å². The number of likely N-dealkylation sites (N-methyl/N-ethyl adjacent to an activating group) is 1. The molecule has 0 aliphatic heterocycles. The molecule has 1 rings (SSSR count). The van der Waals surface area contributed by atoms with Crippen LogP contribution in [0, 0.1) is 0 Å². The number of unbranched alkanes of at least 4 members (excludes halogenated alkanes) is 1. The molecule has 0 amide bonds. The predicted molar refractivity (Wildman–Crippen MR) is 107 cm³/mol. The third-order valence-electron chi connectivity index (χ3n) is 3.56. The molecule has 0 radical (unpaired) electrons. The van der Waals surface area contributed by atoms with Gasteiger partial charge in [0.05, 0.1) is 6.04 Å². The minimum atomic E-state index is 0. The SMILES string of the molecule is CCCCN(C)CCNC(=NC)NC(C)c1ccccc1.I. The number of halogens is 1. The summed E-state index contributed by atoms with van der Waals surface area (Å²) in [5, 5.41) is 6.79. The summed E-state index contributed by atoms with van der Waals surface area (Å²) < 4.78 is 0. The smallest absolute Gasteiger partial charge is 0.191 e. The number of nitrogens with one attached hydrogen (secondary N) is 2. The Labute approximate surface area is 152 Å². The van der Waals surface area contributed by atoms with Crippen LogP contribution in [-0.2, 0) is 0 Å². The lowest BCUT2D eigenvalue weighted by molar-refractivity contribution is 0.332. The van der Waals surface area contributed by atoms with E-state index in [1.165, 1.54) is 18.4 Å². The molecule has 1 unspecified atom stereocenters. The maximum Gasteiger partial charge on any atom is 0.191 e. The van der Waals surface area contributed by atoms with Crippen LogP contribution in [0.3, 0.4) is 0 Å². The maximum atomic E-state index is 4.29. The van der Waals surface area contributed by atoms with E-state index in [1.807, 2.05) is 13.1 Å². The summed E-state index contributed by atoms with van der Waals surface area (Å²) in [5.74, 6) is 0.857. The Hall–Kier alpha value is -0.820. The molecule has 126 valence electrons. The summed E-state index contributed by atoms with van der Waals surface area (Å²) in [5.41, 5.74) is 1.26. The Kier molecular flexibility index (Phi) is 12.2. The molecule has 0 aromatic heterocycles. The zero-order chi connectivity index (χ0) is 15.5. The van der Waals surface area contributed by atoms with Crippen molar-refractivity contribution in [2.45, 2.75) is 32.7 Å². The van der Waals surface area contributed by atoms with Crippen molar-refractivity contribution in [1.29, 1.82) is 0 Å². The lowest BCUT2D eigenvalue weighted by atomic mass is 10.1. The highest BCUT2D eigenvalue weighted by molar-refractivity contribution is 14.0. The van der Waals surface area contributed by atoms with Gasteiger partial charge in [-0.1, -0.05) is 43.7 Å². The number of rotatable bonds is 8. The molecule has 5 heteroatoms. The maximum absolute atomic E-state index is 4.29. The largest absolute Gasteiger partial charge is 0.355 e. The lowest BCUT2D eigenvalue weighted by Gasteiger charge is -2.20. The Morgan fingerprint density at radius 3 is 2.50 bits per heavy atom. The minimum Gasteiger partial charge on any atom is -0.355 e. The number of aliphatic imine (C=N–C) groups is 1. The van der Waals surface area contributed by atoms with E-state index >= 15 is 0 Å². The zero-order valence-electron chi connectivity index (χ0n) is 14.3. The topological polar surface area (TPSA) is 39.7 Å². The van der Waals surface area contributed by atoms with Crippen molar-refractivity contribution >= 4 is 29.9 Å². The number of benzene rings is 1. The number of guanidine groups is 1. The standard InChI is InChI=1S/C17H30N4.HI/c1-5-6-13-21(4)14-12-19-17(18-3)20-15(2)16-10-8-7-9-11-16;/h7-11,15H,5-6,12-14H2,1-4H3,(H2,18,19,20);1H. The normalized spacial score (nSPS) is 12.7. The fourth-order valence-corrected chi connectivity index (χ4v) is 2.13. The third-order valence-corrected chi connectivity index (χ3v) is 3.56. The molecule has 1 atom stereocenters. The van der Waals surface area contributed by atoms with Gasteiger partial charge < -0.3 is 15.5 Å². The summed E-state index contributed by atoms with van der Waals surface area (Å²) in [6.07, 6.45) is 2.50. The van der Waals surface area contributed by atoms with Gasteiger partial charge in [-0.2, -0.15) is 0 Å². The highest BCUT2D eigenvalue weighted by atomic mass is 127. The Morgan fingerprint density at radius 2 is 1.91 bits per heavy atom. The molecule has 0 heterocycles. The predicted octanol–water partition coefficient (Wildman–Crippen LogP) is 3.26. The Bertz CT molecular complexity index is 408. The van der Waals surface area contributed by atoms with Gasteiger partial charge in [-0.05, 0) is 32.5 Å². The molecule has 0 bridgehead atoms. The molecule has 2 N–H and O–H groups in total. The van der Waals surface area contributed by atoms with Crippen LogP contribution < -0.4 is 10.6 Å². The zero-order valence-corrected chi connectivity index (χ0v) is 16.6. The number of hydrogen-bond donors (Lipinski definition) is 2. The first-order valence-electron chi connectivity index (χ1n) is 7.88. The van der Waals surface area contributed by atoms with E-state index < -0.39 is 0 Å². The molecule has 0 aliphatic rings. The molecule has 0 fully saturated rings. The quantitative estimate of drug-likeness (QED) is 0.387. The van der Waals surface area contributed by atoms with Gasteiger partial charge in [0.15, 0.2) is 5.96 Å². The molecule has 0 saturated carbocycles. The van der Waals surface area contributed by atoms with Gasteiger partial charge in [0, 0.05) is 20.1 Å². The van der Waals surface area contributed by atoms with Crippen molar-refractivity contribution in [3.8, 4) is 0 Å². The second-order valence-corrected chi connectivity index (χ2v) is 5.43. The van der Waals surface area contributed by atoms with Gasteiger partial charge in [0.1, 0.15) is 0 Å². The van der Waals surface area contributed by atoms with E-state index in [-0.39, 0.29) is 30.0 Å². The average molecular weight is 418 g/mol. The summed E-state index contributed by atoms with van der Waals surface area (Å²) in [4.78, 5) is 6.64. The van der Waals surface area contributed by atoms with Crippen LogP contribution in [0.2, 0.25) is 0 Å². The van der Waals surface area contributed by atoms with E-state index in [1.54, 1.807) is 0 Å². The van der Waals surface area contributed by atoms with Crippen LogP contribution >= 0.6 is 24.0 Å². The van der Waals surface area contributed by atoms with Gasteiger partial charge in [-0.15, -0.1) is 24.0 Å². The second-order valence-electron chi connectivity index (χ2n) is 5.43. The van der Waals surface area contributed by atoms with Crippen LogP contribution in [0.25, 0.3) is 0 Å². The molecule has 0 aliphatic carbocycles. The van der Waals surface area contributed by atoms with Crippen LogP contribution in [0.5, 0.6) is 0 Å². The Balaban J connectivity index is 0.00000441. The van der Waals surface area contributed by atoms with Crippen molar-refractivity contribution in [3.05, 3.63) is 35.9 Å². The van der Waals surface area contributed by atoms with Gasteiger partial charge in [-0.25, -0.2) is 0 Å². The van der Waals surface area contributed by atoms with Gasteiger partial charge in [-0.3, -0.25) is 4.99 Å². The minimum absolute atomic E-state index is 0. The Morgan fingerprint density at radius 1 is 1.23 bits per heavy atom. The van der Waals surface area contributed by atoms with Crippen molar-refractivity contribution in [1.82, 2.24) is 15.5 Å². The van der Waals surface area contributed by atoms with Gasteiger partial charge in [0.2, 0.25) is 0 Å². The molecule has 22 heavy (non-hydrogen) atoms. The van der Waals surface area contributed by atoms with Crippen molar-refractivity contribution < 1.29 is 0 Å².